The molecule has 1 aliphatic rings. The third-order valence-electron chi connectivity index (χ3n) is 4.47. The lowest BCUT2D eigenvalue weighted by atomic mass is 10.1. The number of Topliss-reactive ketones (excluding diaryl/α,β-unsaturated/α-hetero) is 1. The van der Waals surface area contributed by atoms with Crippen LogP contribution in [0.15, 0.2) is 54.6 Å². The Morgan fingerprint density at radius 3 is 2.23 bits per heavy atom. The van der Waals surface area contributed by atoms with E-state index in [0.29, 0.717) is 6.54 Å². The fourth-order valence-electron chi connectivity index (χ4n) is 3.05. The van der Waals surface area contributed by atoms with E-state index in [1.165, 1.54) is 5.56 Å². The molecule has 0 aromatic heterocycles. The van der Waals surface area contributed by atoms with Gasteiger partial charge in [-0.1, -0.05) is 42.5 Å². The zero-order valence-electron chi connectivity index (χ0n) is 15.0. The molecule has 2 aromatic rings. The summed E-state index contributed by atoms with van der Waals surface area (Å²) in [7, 11) is 1.70. The maximum Gasteiger partial charge on any atom is 0.176 e. The van der Waals surface area contributed by atoms with E-state index in [2.05, 4.69) is 21.9 Å². The van der Waals surface area contributed by atoms with Crippen molar-refractivity contribution in [2.24, 2.45) is 0 Å². The van der Waals surface area contributed by atoms with Crippen molar-refractivity contribution in [3.8, 4) is 5.75 Å². The third-order valence-corrected chi connectivity index (χ3v) is 4.47. The van der Waals surface area contributed by atoms with Crippen LogP contribution in [-0.2, 0) is 6.54 Å². The highest BCUT2D eigenvalue weighted by Gasteiger charge is 2.19. The van der Waals surface area contributed by atoms with E-state index >= 15 is 0 Å². The fraction of sp³-hybridized carbons (Fsp3) is 0.350. The summed E-state index contributed by atoms with van der Waals surface area (Å²) in [6, 6.07) is 17.8. The molecular formula is C20H26Cl2N2O2. The predicted molar refractivity (Wildman–Crippen MR) is 110 cm³/mol. The number of carbonyl (C=O) groups is 1. The second kappa shape index (κ2) is 11.2. The molecule has 6 heteroatoms. The summed E-state index contributed by atoms with van der Waals surface area (Å²) in [5, 5.41) is 0. The summed E-state index contributed by atoms with van der Waals surface area (Å²) < 4.78 is 5.28. The van der Waals surface area contributed by atoms with Crippen LogP contribution >= 0.6 is 24.8 Å². The molecule has 0 bridgehead atoms. The van der Waals surface area contributed by atoms with E-state index in [4.69, 9.17) is 4.74 Å². The van der Waals surface area contributed by atoms with Crippen LogP contribution in [0.2, 0.25) is 0 Å². The Morgan fingerprint density at radius 2 is 1.58 bits per heavy atom. The molecule has 4 nitrogen and oxygen atoms in total. The lowest BCUT2D eigenvalue weighted by Crippen LogP contribution is -2.47. The number of nitrogens with zero attached hydrogens (tertiary/aromatic N) is 2. The van der Waals surface area contributed by atoms with Crippen LogP contribution in [0, 0.1) is 0 Å². The molecule has 0 spiro atoms. The van der Waals surface area contributed by atoms with Crippen LogP contribution in [0.5, 0.6) is 5.75 Å². The second-order valence-electron chi connectivity index (χ2n) is 6.19. The van der Waals surface area contributed by atoms with E-state index in [1.807, 2.05) is 42.5 Å². The van der Waals surface area contributed by atoms with Crippen LogP contribution in [-0.4, -0.2) is 55.4 Å². The minimum atomic E-state index is 0. The molecule has 1 heterocycles. The summed E-state index contributed by atoms with van der Waals surface area (Å²) in [5.74, 6) is 1.11. The molecule has 0 N–H and O–H groups in total. The number of ketones is 1. The molecule has 1 aliphatic heterocycles. The van der Waals surface area contributed by atoms with Gasteiger partial charge in [-0.15, -0.1) is 24.8 Å². The molecule has 1 fully saturated rings. The van der Waals surface area contributed by atoms with E-state index in [0.717, 1.165) is 44.0 Å². The Hall–Kier alpha value is -1.59. The van der Waals surface area contributed by atoms with Gasteiger partial charge in [-0.25, -0.2) is 0 Å². The summed E-state index contributed by atoms with van der Waals surface area (Å²) in [5.41, 5.74) is 2.07. The number of hydrogen-bond donors (Lipinski definition) is 0. The van der Waals surface area contributed by atoms with Crippen molar-refractivity contribution >= 4 is 30.6 Å². The molecular weight excluding hydrogens is 371 g/mol. The summed E-state index contributed by atoms with van der Waals surface area (Å²) in [6.45, 7) is 5.28. The largest absolute Gasteiger partial charge is 0.497 e. The lowest BCUT2D eigenvalue weighted by molar-refractivity contribution is 0.0843. The summed E-state index contributed by atoms with van der Waals surface area (Å²) >= 11 is 0. The minimum Gasteiger partial charge on any atom is -0.497 e. The van der Waals surface area contributed by atoms with Gasteiger partial charge in [-0.3, -0.25) is 14.6 Å². The minimum absolute atomic E-state index is 0. The van der Waals surface area contributed by atoms with Crippen LogP contribution < -0.4 is 4.74 Å². The van der Waals surface area contributed by atoms with Gasteiger partial charge in [0.15, 0.2) is 5.78 Å². The Labute approximate surface area is 168 Å². The predicted octanol–water partition coefficient (Wildman–Crippen LogP) is 3.54. The topological polar surface area (TPSA) is 32.8 Å². The number of benzene rings is 2. The van der Waals surface area contributed by atoms with Gasteiger partial charge >= 0.3 is 0 Å². The highest BCUT2D eigenvalue weighted by molar-refractivity contribution is 5.97. The van der Waals surface area contributed by atoms with Crippen molar-refractivity contribution in [3.63, 3.8) is 0 Å². The Kier molecular flexibility index (Phi) is 9.66. The molecule has 0 atom stereocenters. The fourth-order valence-corrected chi connectivity index (χ4v) is 3.05. The summed E-state index contributed by atoms with van der Waals surface area (Å²) in [6.07, 6.45) is 0. The quantitative estimate of drug-likeness (QED) is 0.699. The van der Waals surface area contributed by atoms with Crippen molar-refractivity contribution in [2.45, 2.75) is 6.54 Å². The first-order chi connectivity index (χ1) is 11.7. The second-order valence-corrected chi connectivity index (χ2v) is 6.19. The average Bonchev–Trinajstić information content (AvgIpc) is 2.64. The number of carbonyl (C=O) groups excluding carboxylic acids is 1. The van der Waals surface area contributed by atoms with Gasteiger partial charge in [0.05, 0.1) is 13.7 Å². The first kappa shape index (κ1) is 22.5. The van der Waals surface area contributed by atoms with Crippen molar-refractivity contribution in [3.05, 3.63) is 65.7 Å². The molecule has 26 heavy (non-hydrogen) atoms. The number of rotatable bonds is 6. The summed E-state index contributed by atoms with van der Waals surface area (Å²) in [4.78, 5) is 17.0. The normalized spacial score (nSPS) is 14.8. The maximum absolute atomic E-state index is 12.3. The van der Waals surface area contributed by atoms with Crippen LogP contribution in [0.3, 0.4) is 0 Å². The van der Waals surface area contributed by atoms with Gasteiger partial charge in [0.25, 0.3) is 0 Å². The van der Waals surface area contributed by atoms with E-state index < -0.39 is 0 Å². The molecule has 0 saturated carbocycles. The molecule has 2 aromatic carbocycles. The number of methoxy groups -OCH3 is 1. The van der Waals surface area contributed by atoms with Gasteiger partial charge < -0.3 is 4.74 Å². The molecule has 0 unspecified atom stereocenters. The van der Waals surface area contributed by atoms with Crippen LogP contribution in [0.25, 0.3) is 0 Å². The standard InChI is InChI=1S/C20H24N2O2.2ClH/c1-24-19-9-5-6-17(14-19)15-21-10-12-22(13-11-21)16-20(23)18-7-3-2-4-8-18;;/h2-9,14H,10-13,15-16H2,1H3;2*1H. The zero-order valence-corrected chi connectivity index (χ0v) is 16.6. The Bertz CT molecular complexity index is 675. The maximum atomic E-state index is 12.3. The van der Waals surface area contributed by atoms with Gasteiger partial charge in [-0.05, 0) is 17.7 Å². The first-order valence-corrected chi connectivity index (χ1v) is 8.40. The molecule has 3 rings (SSSR count). The van der Waals surface area contributed by atoms with Crippen molar-refractivity contribution in [1.29, 1.82) is 0 Å². The van der Waals surface area contributed by atoms with Gasteiger partial charge in [0, 0.05) is 38.3 Å². The third kappa shape index (κ3) is 6.29. The van der Waals surface area contributed by atoms with Crippen LogP contribution in [0.4, 0.5) is 0 Å². The highest BCUT2D eigenvalue weighted by atomic mass is 35.5. The van der Waals surface area contributed by atoms with Crippen molar-refractivity contribution in [1.82, 2.24) is 9.80 Å². The number of piperazine rings is 1. The zero-order chi connectivity index (χ0) is 16.8. The van der Waals surface area contributed by atoms with Gasteiger partial charge in [0.2, 0.25) is 0 Å². The molecule has 0 radical (unpaired) electrons. The van der Waals surface area contributed by atoms with E-state index in [1.54, 1.807) is 7.11 Å². The number of halogens is 2. The molecule has 1 saturated heterocycles. The highest BCUT2D eigenvalue weighted by Crippen LogP contribution is 2.15. The van der Waals surface area contributed by atoms with Crippen LogP contribution in [0.1, 0.15) is 15.9 Å². The van der Waals surface area contributed by atoms with Gasteiger partial charge in [-0.2, -0.15) is 0 Å². The van der Waals surface area contributed by atoms with Gasteiger partial charge in [0.1, 0.15) is 5.75 Å². The molecule has 0 amide bonds. The first-order valence-electron chi connectivity index (χ1n) is 8.40. The van der Waals surface area contributed by atoms with Crippen molar-refractivity contribution < 1.29 is 9.53 Å². The SMILES string of the molecule is COc1cccc(CN2CCN(CC(=O)c3ccccc3)CC2)c1.Cl.Cl. The molecule has 142 valence electrons. The molecule has 0 aliphatic carbocycles. The smallest absolute Gasteiger partial charge is 0.176 e. The average molecular weight is 397 g/mol. The number of ether oxygens (including phenoxy) is 1. The van der Waals surface area contributed by atoms with E-state index in [-0.39, 0.29) is 30.6 Å². The lowest BCUT2D eigenvalue weighted by Gasteiger charge is -2.34. The Morgan fingerprint density at radius 1 is 0.923 bits per heavy atom. The van der Waals surface area contributed by atoms with Crippen molar-refractivity contribution in [2.75, 3.05) is 39.8 Å². The van der Waals surface area contributed by atoms with E-state index in [9.17, 15) is 4.79 Å². The number of hydrogen-bond acceptors (Lipinski definition) is 4. The Balaban J connectivity index is 0.00000169. The monoisotopic (exact) mass is 396 g/mol.